The molecule has 2 rings (SSSR count). The number of rotatable bonds is 6. The van der Waals surface area contributed by atoms with Crippen molar-refractivity contribution in [3.05, 3.63) is 18.2 Å². The fraction of sp³-hybridized carbons (Fsp3) is 0.750. The molecule has 4 nitrogen and oxygen atoms in total. The quantitative estimate of drug-likeness (QED) is 0.731. The fourth-order valence-corrected chi connectivity index (χ4v) is 2.23. The van der Waals surface area contributed by atoms with Crippen LogP contribution in [0.1, 0.15) is 25.1 Å². The van der Waals surface area contributed by atoms with Gasteiger partial charge in [0.1, 0.15) is 5.82 Å². The lowest BCUT2D eigenvalue weighted by atomic mass is 10.2. The third kappa shape index (κ3) is 3.06. The number of unbranched alkanes of at least 4 members (excludes halogenated alkanes) is 2. The monoisotopic (exact) mass is 222 g/mol. The van der Waals surface area contributed by atoms with E-state index in [1.165, 1.54) is 38.2 Å². The lowest BCUT2D eigenvalue weighted by Crippen LogP contribution is -2.34. The van der Waals surface area contributed by atoms with Crippen molar-refractivity contribution >= 4 is 0 Å². The topological polar surface area (TPSA) is 33.1 Å². The van der Waals surface area contributed by atoms with E-state index in [4.69, 9.17) is 0 Å². The average Bonchev–Trinajstić information content (AvgIpc) is 2.76. The number of hydrogen-bond acceptors (Lipinski definition) is 3. The Bertz CT molecular complexity index is 308. The van der Waals surface area contributed by atoms with E-state index in [1.54, 1.807) is 0 Å². The minimum absolute atomic E-state index is 1.03. The Morgan fingerprint density at radius 1 is 1.31 bits per heavy atom. The first-order valence-electron chi connectivity index (χ1n) is 6.27. The van der Waals surface area contributed by atoms with E-state index < -0.39 is 0 Å². The molecule has 0 atom stereocenters. The first-order chi connectivity index (χ1) is 7.90. The summed E-state index contributed by atoms with van der Waals surface area (Å²) in [7, 11) is 2.02. The van der Waals surface area contributed by atoms with Gasteiger partial charge in [0, 0.05) is 25.5 Å². The van der Waals surface area contributed by atoms with Gasteiger partial charge in [0.05, 0.1) is 6.54 Å². The zero-order chi connectivity index (χ0) is 11.2. The third-order valence-electron chi connectivity index (χ3n) is 3.22. The third-order valence-corrected chi connectivity index (χ3v) is 3.22. The lowest BCUT2D eigenvalue weighted by molar-refractivity contribution is 0.212. The summed E-state index contributed by atoms with van der Waals surface area (Å²) >= 11 is 0. The van der Waals surface area contributed by atoms with Gasteiger partial charge in [-0.05, 0) is 33.0 Å². The molecule has 0 bridgehead atoms. The maximum absolute atomic E-state index is 4.38. The molecule has 1 aliphatic heterocycles. The molecule has 1 aromatic rings. The minimum Gasteiger partial charge on any atom is -0.333 e. The van der Waals surface area contributed by atoms with E-state index in [9.17, 15) is 0 Å². The Balaban J connectivity index is 1.65. The van der Waals surface area contributed by atoms with Crippen LogP contribution in [0, 0.1) is 0 Å². The van der Waals surface area contributed by atoms with E-state index in [0.717, 1.165) is 19.6 Å². The van der Waals surface area contributed by atoms with Crippen LogP contribution in [0.4, 0.5) is 0 Å². The number of hydrogen-bond donors (Lipinski definition) is 1. The van der Waals surface area contributed by atoms with Crippen LogP contribution in [-0.2, 0) is 13.1 Å². The van der Waals surface area contributed by atoms with Gasteiger partial charge in [-0.1, -0.05) is 6.42 Å². The summed E-state index contributed by atoms with van der Waals surface area (Å²) in [4.78, 5) is 6.89. The van der Waals surface area contributed by atoms with Crippen molar-refractivity contribution < 1.29 is 0 Å². The zero-order valence-corrected chi connectivity index (χ0v) is 10.2. The van der Waals surface area contributed by atoms with Gasteiger partial charge >= 0.3 is 0 Å². The Kier molecular flexibility index (Phi) is 4.36. The van der Waals surface area contributed by atoms with Gasteiger partial charge < -0.3 is 9.88 Å². The highest BCUT2D eigenvalue weighted by Gasteiger charge is 2.15. The van der Waals surface area contributed by atoms with Crippen LogP contribution in [0.25, 0.3) is 0 Å². The van der Waals surface area contributed by atoms with Crippen LogP contribution >= 0.6 is 0 Å². The highest BCUT2D eigenvalue weighted by atomic mass is 15.2. The molecular weight excluding hydrogens is 200 g/mol. The van der Waals surface area contributed by atoms with E-state index in [-0.39, 0.29) is 0 Å². The standard InChI is InChI=1S/C12H22N4/c1-13-5-3-2-4-7-15-9-10-16-8-6-14-12(16)11-15/h6,8,13H,2-5,7,9-11H2,1H3. The van der Waals surface area contributed by atoms with E-state index in [1.807, 2.05) is 13.2 Å². The molecule has 2 heterocycles. The molecule has 16 heavy (non-hydrogen) atoms. The Morgan fingerprint density at radius 3 is 3.12 bits per heavy atom. The highest BCUT2D eigenvalue weighted by molar-refractivity contribution is 4.95. The van der Waals surface area contributed by atoms with Crippen molar-refractivity contribution in [3.63, 3.8) is 0 Å². The van der Waals surface area contributed by atoms with Crippen LogP contribution in [-0.4, -0.2) is 41.1 Å². The van der Waals surface area contributed by atoms with Crippen molar-refractivity contribution in [2.45, 2.75) is 32.4 Å². The summed E-state index contributed by atoms with van der Waals surface area (Å²) in [5.41, 5.74) is 0. The van der Waals surface area contributed by atoms with Crippen molar-refractivity contribution in [2.24, 2.45) is 0 Å². The molecule has 0 saturated heterocycles. The van der Waals surface area contributed by atoms with Gasteiger partial charge in [-0.15, -0.1) is 0 Å². The Morgan fingerprint density at radius 2 is 2.25 bits per heavy atom. The predicted molar refractivity (Wildman–Crippen MR) is 65.3 cm³/mol. The summed E-state index contributed by atoms with van der Waals surface area (Å²) in [5.74, 6) is 1.22. The summed E-state index contributed by atoms with van der Waals surface area (Å²) in [6, 6.07) is 0. The van der Waals surface area contributed by atoms with E-state index >= 15 is 0 Å². The molecule has 0 radical (unpaired) electrons. The van der Waals surface area contributed by atoms with Gasteiger partial charge in [0.15, 0.2) is 0 Å². The second kappa shape index (κ2) is 6.01. The van der Waals surface area contributed by atoms with Gasteiger partial charge in [0.25, 0.3) is 0 Å². The molecule has 90 valence electrons. The van der Waals surface area contributed by atoms with Gasteiger partial charge in [-0.25, -0.2) is 4.98 Å². The molecule has 0 aromatic carbocycles. The number of fused-ring (bicyclic) bond motifs is 1. The molecule has 0 saturated carbocycles. The molecule has 1 N–H and O–H groups in total. The molecule has 0 fully saturated rings. The Labute approximate surface area is 97.7 Å². The Hall–Kier alpha value is -0.870. The van der Waals surface area contributed by atoms with Gasteiger partial charge in [-0.2, -0.15) is 0 Å². The van der Waals surface area contributed by atoms with Crippen LogP contribution in [0.5, 0.6) is 0 Å². The van der Waals surface area contributed by atoms with E-state index in [0.29, 0.717) is 0 Å². The number of nitrogens with zero attached hydrogens (tertiary/aromatic N) is 3. The summed E-state index contributed by atoms with van der Waals surface area (Å²) in [6.07, 6.45) is 7.92. The average molecular weight is 222 g/mol. The summed E-state index contributed by atoms with van der Waals surface area (Å²) in [6.45, 7) is 5.67. The number of nitrogens with one attached hydrogen (secondary N) is 1. The van der Waals surface area contributed by atoms with Crippen LogP contribution in [0.2, 0.25) is 0 Å². The first-order valence-corrected chi connectivity index (χ1v) is 6.27. The summed E-state index contributed by atoms with van der Waals surface area (Å²) < 4.78 is 2.26. The molecule has 0 spiro atoms. The maximum Gasteiger partial charge on any atom is 0.122 e. The van der Waals surface area contributed by atoms with Crippen molar-refractivity contribution in [3.8, 4) is 0 Å². The van der Waals surface area contributed by atoms with Crippen LogP contribution in [0.15, 0.2) is 12.4 Å². The van der Waals surface area contributed by atoms with Crippen molar-refractivity contribution in [1.29, 1.82) is 0 Å². The second-order valence-electron chi connectivity index (χ2n) is 4.48. The molecule has 0 unspecified atom stereocenters. The molecular formula is C12H22N4. The highest BCUT2D eigenvalue weighted by Crippen LogP contribution is 2.10. The smallest absolute Gasteiger partial charge is 0.122 e. The SMILES string of the molecule is CNCCCCCN1CCn2ccnc2C1. The van der Waals surface area contributed by atoms with E-state index in [2.05, 4.69) is 26.0 Å². The van der Waals surface area contributed by atoms with Crippen LogP contribution in [0.3, 0.4) is 0 Å². The lowest BCUT2D eigenvalue weighted by Gasteiger charge is -2.27. The molecule has 1 aliphatic rings. The first kappa shape index (κ1) is 11.6. The van der Waals surface area contributed by atoms with Crippen molar-refractivity contribution in [2.75, 3.05) is 26.7 Å². The second-order valence-corrected chi connectivity index (χ2v) is 4.48. The van der Waals surface area contributed by atoms with Crippen molar-refractivity contribution in [1.82, 2.24) is 19.8 Å². The molecule has 0 aliphatic carbocycles. The van der Waals surface area contributed by atoms with Gasteiger partial charge in [-0.3, -0.25) is 4.90 Å². The normalized spacial score (nSPS) is 16.3. The number of imidazole rings is 1. The molecule has 1 aromatic heterocycles. The predicted octanol–water partition coefficient (Wildman–Crippen LogP) is 1.09. The minimum atomic E-state index is 1.03. The molecule has 4 heteroatoms. The fourth-order valence-electron chi connectivity index (χ4n) is 2.23. The number of aromatic nitrogens is 2. The van der Waals surface area contributed by atoms with Gasteiger partial charge in [0.2, 0.25) is 0 Å². The maximum atomic E-state index is 4.38. The summed E-state index contributed by atoms with van der Waals surface area (Å²) in [5, 5.41) is 3.19. The zero-order valence-electron chi connectivity index (χ0n) is 10.2. The largest absolute Gasteiger partial charge is 0.333 e. The van der Waals surface area contributed by atoms with Crippen LogP contribution < -0.4 is 5.32 Å². The molecule has 0 amide bonds.